The minimum absolute atomic E-state index is 0.0642. The molecular weight excluding hydrogens is 371 g/mol. The second kappa shape index (κ2) is 7.71. The molecule has 6 nitrogen and oxygen atoms in total. The fourth-order valence-corrected chi connectivity index (χ4v) is 4.33. The first kappa shape index (κ1) is 18.5. The fraction of sp³-hybridized carbons (Fsp3) is 0.500. The molecule has 2 saturated heterocycles. The Hall–Kier alpha value is -2.54. The number of nitrogens with zero attached hydrogens (tertiary/aromatic N) is 4. The van der Waals surface area contributed by atoms with Crippen LogP contribution in [0.1, 0.15) is 49.3 Å². The van der Waals surface area contributed by atoms with Gasteiger partial charge in [-0.2, -0.15) is 0 Å². The van der Waals surface area contributed by atoms with E-state index in [0.717, 1.165) is 37.1 Å². The first-order chi connectivity index (χ1) is 14.2. The molecule has 7 heteroatoms. The molecule has 3 fully saturated rings. The zero-order valence-electron chi connectivity index (χ0n) is 16.3. The quantitative estimate of drug-likeness (QED) is 0.777. The number of hydrogen-bond donors (Lipinski definition) is 0. The van der Waals surface area contributed by atoms with E-state index >= 15 is 0 Å². The van der Waals surface area contributed by atoms with Gasteiger partial charge in [-0.15, -0.1) is 0 Å². The number of amides is 1. The summed E-state index contributed by atoms with van der Waals surface area (Å²) >= 11 is 0. The molecule has 1 aromatic heterocycles. The average molecular weight is 396 g/mol. The lowest BCUT2D eigenvalue weighted by molar-refractivity contribution is -0.138. The Morgan fingerprint density at radius 3 is 2.62 bits per heavy atom. The van der Waals surface area contributed by atoms with E-state index in [0.29, 0.717) is 30.9 Å². The fourth-order valence-electron chi connectivity index (χ4n) is 4.33. The summed E-state index contributed by atoms with van der Waals surface area (Å²) in [5, 5.41) is 0. The van der Waals surface area contributed by atoms with Crippen LogP contribution in [0.2, 0.25) is 0 Å². The number of fused-ring (bicyclic) bond motifs is 1. The molecular formula is C22H25FN4O2. The smallest absolute Gasteiger partial charge is 0.233 e. The van der Waals surface area contributed by atoms with Gasteiger partial charge >= 0.3 is 0 Å². The third-order valence-corrected chi connectivity index (χ3v) is 6.17. The standard InChI is InChI=1S/C22H25FN4O2/c23-17-5-1-15(2-6-17)11-21(28)26-10-9-18-7-8-22(27(18)14-26)29-20-13-24-19(12-25-20)16-3-4-16/h1-2,5-6,12-13,16,18,22H,3-4,7-11,14H2/t18-,22-/m0/s1. The van der Waals surface area contributed by atoms with Crippen molar-refractivity contribution in [3.8, 4) is 5.88 Å². The first-order valence-electron chi connectivity index (χ1n) is 10.4. The van der Waals surface area contributed by atoms with Gasteiger partial charge in [0, 0.05) is 18.5 Å². The van der Waals surface area contributed by atoms with E-state index in [1.165, 1.54) is 25.0 Å². The van der Waals surface area contributed by atoms with Gasteiger partial charge in [0.05, 0.1) is 31.2 Å². The van der Waals surface area contributed by atoms with Crippen molar-refractivity contribution in [1.29, 1.82) is 0 Å². The molecule has 0 radical (unpaired) electrons. The summed E-state index contributed by atoms with van der Waals surface area (Å²) in [5.74, 6) is 0.909. The molecule has 1 aromatic carbocycles. The summed E-state index contributed by atoms with van der Waals surface area (Å²) in [7, 11) is 0. The normalized spacial score (nSPS) is 24.4. The van der Waals surface area contributed by atoms with Gasteiger partial charge in [0.2, 0.25) is 11.8 Å². The summed E-state index contributed by atoms with van der Waals surface area (Å²) in [5.41, 5.74) is 1.89. The Labute approximate surface area is 169 Å². The maximum Gasteiger partial charge on any atom is 0.233 e. The third kappa shape index (κ3) is 4.10. The van der Waals surface area contributed by atoms with E-state index in [1.54, 1.807) is 18.3 Å². The predicted molar refractivity (Wildman–Crippen MR) is 105 cm³/mol. The average Bonchev–Trinajstić information content (AvgIpc) is 3.52. The van der Waals surface area contributed by atoms with Crippen LogP contribution in [-0.4, -0.2) is 51.2 Å². The van der Waals surface area contributed by atoms with Crippen molar-refractivity contribution < 1.29 is 13.9 Å². The number of carbonyl (C=O) groups is 1. The molecule has 29 heavy (non-hydrogen) atoms. The van der Waals surface area contributed by atoms with Gasteiger partial charge in [-0.25, -0.2) is 14.3 Å². The molecule has 1 saturated carbocycles. The SMILES string of the molecule is O=C(Cc1ccc(F)cc1)N1CC[C@@H]2CC[C@H](Oc3cnc(C4CC4)cn3)N2C1. The Balaban J connectivity index is 1.21. The molecule has 1 amide bonds. The Kier molecular flexibility index (Phi) is 4.91. The lowest BCUT2D eigenvalue weighted by atomic mass is 10.1. The molecule has 5 rings (SSSR count). The van der Waals surface area contributed by atoms with Gasteiger partial charge in [0.1, 0.15) is 5.82 Å². The highest BCUT2D eigenvalue weighted by Crippen LogP contribution is 2.39. The Bertz CT molecular complexity index is 869. The second-order valence-corrected chi connectivity index (χ2v) is 8.26. The summed E-state index contributed by atoms with van der Waals surface area (Å²) in [6, 6.07) is 6.58. The largest absolute Gasteiger partial charge is 0.457 e. The third-order valence-electron chi connectivity index (χ3n) is 6.17. The number of benzene rings is 1. The van der Waals surface area contributed by atoms with Crippen LogP contribution in [0.5, 0.6) is 5.88 Å². The molecule has 1 aliphatic carbocycles. The van der Waals surface area contributed by atoms with Gasteiger partial charge in [0.15, 0.2) is 6.23 Å². The van der Waals surface area contributed by atoms with E-state index in [1.807, 2.05) is 11.1 Å². The van der Waals surface area contributed by atoms with E-state index < -0.39 is 0 Å². The van der Waals surface area contributed by atoms with Crippen molar-refractivity contribution >= 4 is 5.91 Å². The summed E-state index contributed by atoms with van der Waals surface area (Å²) in [6.45, 7) is 1.31. The van der Waals surface area contributed by atoms with Crippen molar-refractivity contribution in [1.82, 2.24) is 19.8 Å². The molecule has 3 aliphatic rings. The topological polar surface area (TPSA) is 58.6 Å². The van der Waals surface area contributed by atoms with Crippen LogP contribution in [-0.2, 0) is 11.2 Å². The van der Waals surface area contributed by atoms with E-state index in [2.05, 4.69) is 14.9 Å². The monoisotopic (exact) mass is 396 g/mol. The van der Waals surface area contributed by atoms with E-state index in [4.69, 9.17) is 4.74 Å². The van der Waals surface area contributed by atoms with Gasteiger partial charge < -0.3 is 9.64 Å². The van der Waals surface area contributed by atoms with E-state index in [9.17, 15) is 9.18 Å². The summed E-state index contributed by atoms with van der Waals surface area (Å²) < 4.78 is 19.2. The van der Waals surface area contributed by atoms with Gasteiger partial charge in [0.25, 0.3) is 0 Å². The highest BCUT2D eigenvalue weighted by Gasteiger charge is 2.40. The van der Waals surface area contributed by atoms with Crippen molar-refractivity contribution in [3.05, 3.63) is 53.7 Å². The molecule has 0 unspecified atom stereocenters. The Morgan fingerprint density at radius 1 is 1.07 bits per heavy atom. The number of ether oxygens (including phenoxy) is 1. The molecule has 3 heterocycles. The van der Waals surface area contributed by atoms with Gasteiger partial charge in [-0.05, 0) is 49.8 Å². The number of rotatable bonds is 5. The van der Waals surface area contributed by atoms with Crippen molar-refractivity contribution in [3.63, 3.8) is 0 Å². The van der Waals surface area contributed by atoms with Crippen LogP contribution in [0.4, 0.5) is 4.39 Å². The lowest BCUT2D eigenvalue weighted by Crippen LogP contribution is -2.53. The number of aromatic nitrogens is 2. The van der Waals surface area contributed by atoms with Crippen LogP contribution in [0.15, 0.2) is 36.7 Å². The molecule has 0 N–H and O–H groups in total. The minimum Gasteiger partial charge on any atom is -0.457 e. The predicted octanol–water partition coefficient (Wildman–Crippen LogP) is 3.09. The molecule has 152 valence electrons. The molecule has 2 atom stereocenters. The zero-order valence-corrected chi connectivity index (χ0v) is 16.3. The van der Waals surface area contributed by atoms with Crippen LogP contribution in [0, 0.1) is 5.82 Å². The van der Waals surface area contributed by atoms with Crippen LogP contribution < -0.4 is 4.74 Å². The van der Waals surface area contributed by atoms with Crippen molar-refractivity contribution in [2.24, 2.45) is 0 Å². The second-order valence-electron chi connectivity index (χ2n) is 8.26. The molecule has 2 aromatic rings. The van der Waals surface area contributed by atoms with Crippen LogP contribution in [0.3, 0.4) is 0 Å². The molecule has 2 aliphatic heterocycles. The van der Waals surface area contributed by atoms with Crippen molar-refractivity contribution in [2.75, 3.05) is 13.2 Å². The van der Waals surface area contributed by atoms with Crippen LogP contribution in [0.25, 0.3) is 0 Å². The summed E-state index contributed by atoms with van der Waals surface area (Å²) in [4.78, 5) is 25.8. The van der Waals surface area contributed by atoms with Gasteiger partial charge in [-0.1, -0.05) is 12.1 Å². The molecule has 0 bridgehead atoms. The minimum atomic E-state index is -0.285. The van der Waals surface area contributed by atoms with Gasteiger partial charge in [-0.3, -0.25) is 9.78 Å². The maximum absolute atomic E-state index is 13.1. The maximum atomic E-state index is 13.1. The first-order valence-corrected chi connectivity index (χ1v) is 10.4. The Morgan fingerprint density at radius 2 is 1.90 bits per heavy atom. The number of halogens is 1. The highest BCUT2D eigenvalue weighted by molar-refractivity contribution is 5.78. The zero-order chi connectivity index (χ0) is 19.8. The molecule has 0 spiro atoms. The summed E-state index contributed by atoms with van der Waals surface area (Å²) in [6.07, 6.45) is 9.11. The number of carbonyl (C=O) groups excluding carboxylic acids is 1. The highest BCUT2D eigenvalue weighted by atomic mass is 19.1. The van der Waals surface area contributed by atoms with Crippen LogP contribution >= 0.6 is 0 Å². The van der Waals surface area contributed by atoms with E-state index in [-0.39, 0.29) is 18.0 Å². The van der Waals surface area contributed by atoms with Crippen molar-refractivity contribution in [2.45, 2.75) is 56.7 Å². The lowest BCUT2D eigenvalue weighted by Gasteiger charge is -2.40. The number of hydrogen-bond acceptors (Lipinski definition) is 5.